The van der Waals surface area contributed by atoms with Gasteiger partial charge in [0.1, 0.15) is 11.5 Å². The number of hydrogen-bond donors (Lipinski definition) is 0. The maximum atomic E-state index is 6.01. The summed E-state index contributed by atoms with van der Waals surface area (Å²) in [4.78, 5) is 6.58. The molecule has 3 nitrogen and oxygen atoms in total. The average molecular weight is 440 g/mol. The van der Waals surface area contributed by atoms with E-state index in [4.69, 9.17) is 4.74 Å². The fourth-order valence-corrected chi connectivity index (χ4v) is 2.54. The Morgan fingerprint density at radius 3 is 2.48 bits per heavy atom. The van der Waals surface area contributed by atoms with Crippen molar-refractivity contribution in [2.75, 3.05) is 13.6 Å². The van der Waals surface area contributed by atoms with Crippen LogP contribution in [0.2, 0.25) is 0 Å². The fourth-order valence-electron chi connectivity index (χ4n) is 1.93. The number of benzene rings is 2. The van der Waals surface area contributed by atoms with Gasteiger partial charge in [0.25, 0.3) is 0 Å². The lowest BCUT2D eigenvalue weighted by Crippen LogP contribution is -2.14. The molecule has 2 aromatic carbocycles. The van der Waals surface area contributed by atoms with Gasteiger partial charge in [-0.1, -0.05) is 0 Å². The molecule has 0 heterocycles. The highest BCUT2D eigenvalue weighted by Gasteiger charge is 2.07. The molecule has 0 spiro atoms. The Bertz CT molecular complexity index is 729. The van der Waals surface area contributed by atoms with Gasteiger partial charge in [0.2, 0.25) is 0 Å². The Hall–Kier alpha value is -1.33. The number of halogens is 2. The third-order valence-electron chi connectivity index (χ3n) is 3.51. The number of rotatable bonds is 5. The number of hydrogen-bond acceptors (Lipinski definition) is 2. The Kier molecular flexibility index (Phi) is 6.25. The molecule has 0 saturated carbocycles. The van der Waals surface area contributed by atoms with E-state index in [1.807, 2.05) is 56.4 Å². The van der Waals surface area contributed by atoms with Crippen molar-refractivity contribution >= 4 is 43.9 Å². The van der Waals surface area contributed by atoms with E-state index in [0.29, 0.717) is 0 Å². The fraction of sp³-hybridized carbons (Fsp3) is 0.278. The predicted octanol–water partition coefficient (Wildman–Crippen LogP) is 6.23. The van der Waals surface area contributed by atoms with Crippen molar-refractivity contribution < 1.29 is 4.74 Å². The van der Waals surface area contributed by atoms with Gasteiger partial charge in [0.05, 0.1) is 12.0 Å². The molecular formula is C18H20Br2N2O. The molecule has 0 amide bonds. The van der Waals surface area contributed by atoms with Crippen LogP contribution in [-0.4, -0.2) is 24.8 Å². The highest BCUT2D eigenvalue weighted by atomic mass is 79.9. The number of aryl methyl sites for hydroxylation is 2. The molecule has 0 N–H and O–H groups in total. The minimum atomic E-state index is 0.796. The first-order chi connectivity index (χ1) is 10.9. The van der Waals surface area contributed by atoms with Crippen LogP contribution in [0.4, 0.5) is 5.69 Å². The van der Waals surface area contributed by atoms with Crippen molar-refractivity contribution in [3.05, 3.63) is 50.4 Å². The van der Waals surface area contributed by atoms with Crippen molar-refractivity contribution in [1.82, 2.24) is 4.90 Å². The van der Waals surface area contributed by atoms with Crippen LogP contribution in [0.3, 0.4) is 0 Å². The van der Waals surface area contributed by atoms with Gasteiger partial charge < -0.3 is 9.64 Å². The zero-order chi connectivity index (χ0) is 17.0. The van der Waals surface area contributed by atoms with E-state index >= 15 is 0 Å². The largest absolute Gasteiger partial charge is 0.457 e. The summed E-state index contributed by atoms with van der Waals surface area (Å²) in [5, 5.41) is 0. The molecule has 2 aromatic rings. The second-order valence-electron chi connectivity index (χ2n) is 5.40. The molecule has 0 bridgehead atoms. The summed E-state index contributed by atoms with van der Waals surface area (Å²) in [5.74, 6) is 1.64. The van der Waals surface area contributed by atoms with Crippen LogP contribution in [0.25, 0.3) is 0 Å². The smallest absolute Gasteiger partial charge is 0.130 e. The van der Waals surface area contributed by atoms with Crippen LogP contribution in [0.1, 0.15) is 18.1 Å². The lowest BCUT2D eigenvalue weighted by molar-refractivity contribution is 0.478. The van der Waals surface area contributed by atoms with Gasteiger partial charge in [-0.3, -0.25) is 0 Å². The highest BCUT2D eigenvalue weighted by Crippen LogP contribution is 2.34. The summed E-state index contributed by atoms with van der Waals surface area (Å²) in [6, 6.07) is 9.93. The van der Waals surface area contributed by atoms with Crippen LogP contribution < -0.4 is 4.74 Å². The first kappa shape index (κ1) is 18.0. The van der Waals surface area contributed by atoms with Crippen LogP contribution in [0.5, 0.6) is 11.5 Å². The van der Waals surface area contributed by atoms with Crippen molar-refractivity contribution in [2.45, 2.75) is 20.8 Å². The third kappa shape index (κ3) is 4.82. The van der Waals surface area contributed by atoms with Gasteiger partial charge in [-0.25, -0.2) is 4.99 Å². The molecule has 122 valence electrons. The highest BCUT2D eigenvalue weighted by molar-refractivity contribution is 9.13. The lowest BCUT2D eigenvalue weighted by Gasteiger charge is -2.13. The monoisotopic (exact) mass is 438 g/mol. The zero-order valence-corrected chi connectivity index (χ0v) is 16.9. The summed E-state index contributed by atoms with van der Waals surface area (Å²) in [6.45, 7) is 7.10. The summed E-state index contributed by atoms with van der Waals surface area (Å²) in [5.41, 5.74) is 3.11. The van der Waals surface area contributed by atoms with Crippen molar-refractivity contribution in [2.24, 2.45) is 4.99 Å². The Labute approximate surface area is 154 Å². The molecule has 0 atom stereocenters. The Morgan fingerprint density at radius 1 is 1.09 bits per heavy atom. The molecule has 0 saturated heterocycles. The minimum Gasteiger partial charge on any atom is -0.457 e. The van der Waals surface area contributed by atoms with E-state index in [1.54, 1.807) is 0 Å². The normalized spacial score (nSPS) is 11.0. The summed E-state index contributed by atoms with van der Waals surface area (Å²) in [6.07, 6.45) is 1.86. The summed E-state index contributed by atoms with van der Waals surface area (Å²) >= 11 is 6.96. The second kappa shape index (κ2) is 7.97. The first-order valence-electron chi connectivity index (χ1n) is 7.39. The van der Waals surface area contributed by atoms with Crippen LogP contribution >= 0.6 is 31.9 Å². The Balaban J connectivity index is 2.25. The molecule has 23 heavy (non-hydrogen) atoms. The minimum absolute atomic E-state index is 0.796. The van der Waals surface area contributed by atoms with Gasteiger partial charge in [-0.05, 0) is 94.1 Å². The van der Waals surface area contributed by atoms with Crippen molar-refractivity contribution in [3.63, 3.8) is 0 Å². The van der Waals surface area contributed by atoms with Crippen LogP contribution in [0.15, 0.2) is 44.3 Å². The quantitative estimate of drug-likeness (QED) is 0.407. The lowest BCUT2D eigenvalue weighted by atomic mass is 10.1. The SMILES string of the molecule is CCN(C)/C=N/c1cc(C)c(Oc2ccc(Br)c(Br)c2)cc1C. The maximum Gasteiger partial charge on any atom is 0.130 e. The van der Waals surface area contributed by atoms with E-state index in [1.165, 1.54) is 0 Å². The predicted molar refractivity (Wildman–Crippen MR) is 104 cm³/mol. The van der Waals surface area contributed by atoms with Crippen molar-refractivity contribution in [3.8, 4) is 11.5 Å². The topological polar surface area (TPSA) is 24.8 Å². The van der Waals surface area contributed by atoms with Gasteiger partial charge in [-0.2, -0.15) is 0 Å². The van der Waals surface area contributed by atoms with E-state index < -0.39 is 0 Å². The second-order valence-corrected chi connectivity index (χ2v) is 7.11. The maximum absolute atomic E-state index is 6.01. The molecular weight excluding hydrogens is 420 g/mol. The first-order valence-corrected chi connectivity index (χ1v) is 8.98. The number of ether oxygens (including phenoxy) is 1. The van der Waals surface area contributed by atoms with E-state index in [-0.39, 0.29) is 0 Å². The standard InChI is InChI=1S/C18H20Br2N2O/c1-5-22(4)11-21-17-8-13(3)18(9-12(17)2)23-14-6-7-15(19)16(20)10-14/h6-11H,5H2,1-4H3/b21-11+. The zero-order valence-electron chi connectivity index (χ0n) is 13.7. The average Bonchev–Trinajstić information content (AvgIpc) is 2.52. The van der Waals surface area contributed by atoms with Crippen LogP contribution in [-0.2, 0) is 0 Å². The van der Waals surface area contributed by atoms with Crippen molar-refractivity contribution in [1.29, 1.82) is 0 Å². The van der Waals surface area contributed by atoms with Gasteiger partial charge in [-0.15, -0.1) is 0 Å². The molecule has 0 aliphatic carbocycles. The molecule has 0 aliphatic rings. The molecule has 0 aromatic heterocycles. The molecule has 0 unspecified atom stereocenters. The van der Waals surface area contributed by atoms with Crippen LogP contribution in [0, 0.1) is 13.8 Å². The summed E-state index contributed by atoms with van der Waals surface area (Å²) < 4.78 is 7.98. The number of nitrogens with zero attached hydrogens (tertiary/aromatic N) is 2. The van der Waals surface area contributed by atoms with Gasteiger partial charge in [0.15, 0.2) is 0 Å². The van der Waals surface area contributed by atoms with Gasteiger partial charge >= 0.3 is 0 Å². The molecule has 0 aliphatic heterocycles. The van der Waals surface area contributed by atoms with E-state index in [9.17, 15) is 0 Å². The Morgan fingerprint density at radius 2 is 1.83 bits per heavy atom. The molecule has 5 heteroatoms. The summed E-state index contributed by atoms with van der Waals surface area (Å²) in [7, 11) is 2.01. The van der Waals surface area contributed by atoms with E-state index in [0.717, 1.165) is 43.8 Å². The molecule has 2 rings (SSSR count). The molecule has 0 fully saturated rings. The van der Waals surface area contributed by atoms with E-state index in [2.05, 4.69) is 49.8 Å². The third-order valence-corrected chi connectivity index (χ3v) is 5.38. The van der Waals surface area contributed by atoms with Gasteiger partial charge in [0, 0.05) is 22.5 Å². The molecule has 0 radical (unpaired) electrons. The number of aliphatic imine (C=N–C) groups is 1.